The zero-order valence-corrected chi connectivity index (χ0v) is 11.1. The fourth-order valence-corrected chi connectivity index (χ4v) is 2.53. The lowest BCUT2D eigenvalue weighted by atomic mass is 10.1. The molecule has 1 atom stereocenters. The van der Waals surface area contributed by atoms with Gasteiger partial charge in [0.05, 0.1) is 0 Å². The molecule has 0 aliphatic carbocycles. The summed E-state index contributed by atoms with van der Waals surface area (Å²) in [4.78, 5) is 1.48. The maximum Gasteiger partial charge on any atom is 0.405 e. The minimum absolute atomic E-state index is 0.0515. The fraction of sp³-hybridized carbons (Fsp3) is 0.538. The third-order valence-electron chi connectivity index (χ3n) is 3.23. The molecule has 1 aliphatic rings. The second kappa shape index (κ2) is 6.11. The van der Waals surface area contributed by atoms with Gasteiger partial charge in [-0.1, -0.05) is 23.7 Å². The molecule has 0 bridgehead atoms. The lowest BCUT2D eigenvalue weighted by molar-refractivity contribution is -0.182. The Kier molecular flexibility index (Phi) is 4.71. The normalized spacial score (nSPS) is 22.2. The number of hydrogen-bond acceptors (Lipinski definition) is 2. The molecule has 2 nitrogen and oxygen atoms in total. The van der Waals surface area contributed by atoms with Crippen molar-refractivity contribution in [2.75, 3.05) is 19.6 Å². The predicted octanol–water partition coefficient (Wildman–Crippen LogP) is 3.07. The van der Waals surface area contributed by atoms with E-state index in [-0.39, 0.29) is 13.1 Å². The first-order valence-electron chi connectivity index (χ1n) is 6.23. The van der Waals surface area contributed by atoms with Crippen molar-refractivity contribution in [3.05, 3.63) is 34.9 Å². The third-order valence-corrected chi connectivity index (χ3v) is 3.46. The molecule has 1 aliphatic heterocycles. The summed E-state index contributed by atoms with van der Waals surface area (Å²) in [6.07, 6.45) is -3.50. The van der Waals surface area contributed by atoms with Crippen LogP contribution in [0.2, 0.25) is 5.02 Å². The Hall–Kier alpha value is -0.780. The maximum atomic E-state index is 13.0. The number of halogens is 4. The lowest BCUT2D eigenvalue weighted by Crippen LogP contribution is -2.49. The second-order valence-corrected chi connectivity index (χ2v) is 5.15. The number of rotatable bonds is 2. The molecule has 0 aromatic heterocycles. The van der Waals surface area contributed by atoms with Crippen LogP contribution in [0.1, 0.15) is 12.0 Å². The van der Waals surface area contributed by atoms with Crippen molar-refractivity contribution >= 4 is 11.6 Å². The molecular weight excluding hydrogens is 277 g/mol. The van der Waals surface area contributed by atoms with Gasteiger partial charge in [0, 0.05) is 24.7 Å². The van der Waals surface area contributed by atoms with Crippen molar-refractivity contribution in [1.82, 2.24) is 10.2 Å². The van der Waals surface area contributed by atoms with Gasteiger partial charge >= 0.3 is 6.18 Å². The quantitative estimate of drug-likeness (QED) is 0.901. The van der Waals surface area contributed by atoms with Crippen LogP contribution in [0.4, 0.5) is 13.2 Å². The molecule has 6 heteroatoms. The predicted molar refractivity (Wildman–Crippen MR) is 69.2 cm³/mol. The zero-order valence-electron chi connectivity index (χ0n) is 10.4. The van der Waals surface area contributed by atoms with Crippen LogP contribution in [0.5, 0.6) is 0 Å². The Morgan fingerprint density at radius 1 is 1.37 bits per heavy atom. The topological polar surface area (TPSA) is 15.3 Å². The van der Waals surface area contributed by atoms with Gasteiger partial charge in [0.25, 0.3) is 0 Å². The molecule has 1 unspecified atom stereocenters. The van der Waals surface area contributed by atoms with Crippen LogP contribution in [0, 0.1) is 0 Å². The molecule has 19 heavy (non-hydrogen) atoms. The summed E-state index contributed by atoms with van der Waals surface area (Å²) < 4.78 is 39.1. The van der Waals surface area contributed by atoms with E-state index in [9.17, 15) is 13.2 Å². The summed E-state index contributed by atoms with van der Waals surface area (Å²) in [6, 6.07) is 5.56. The number of nitrogens with one attached hydrogen (secondary N) is 1. The molecule has 1 N–H and O–H groups in total. The summed E-state index contributed by atoms with van der Waals surface area (Å²) in [7, 11) is 0. The average molecular weight is 293 g/mol. The van der Waals surface area contributed by atoms with Crippen molar-refractivity contribution in [3.8, 4) is 0 Å². The van der Waals surface area contributed by atoms with E-state index >= 15 is 0 Å². The van der Waals surface area contributed by atoms with Gasteiger partial charge in [-0.25, -0.2) is 0 Å². The standard InChI is InChI=1S/C13H16ClF3N2/c14-11-4-1-3-10(7-11)9-19-6-2-5-18-8-12(19)13(15,16)17/h1,3-4,7,12,18H,2,5-6,8-9H2. The van der Waals surface area contributed by atoms with Gasteiger partial charge < -0.3 is 5.32 Å². The van der Waals surface area contributed by atoms with Gasteiger partial charge in [0.2, 0.25) is 0 Å². The Balaban J connectivity index is 2.14. The van der Waals surface area contributed by atoms with Crippen molar-refractivity contribution in [2.45, 2.75) is 25.2 Å². The summed E-state index contributed by atoms with van der Waals surface area (Å²) in [5.74, 6) is 0. The Morgan fingerprint density at radius 3 is 2.84 bits per heavy atom. The average Bonchev–Trinajstić information content (AvgIpc) is 2.54. The third kappa shape index (κ3) is 4.09. The first-order valence-corrected chi connectivity index (χ1v) is 6.60. The largest absolute Gasteiger partial charge is 0.405 e. The van der Waals surface area contributed by atoms with Gasteiger partial charge in [-0.15, -0.1) is 0 Å². The van der Waals surface area contributed by atoms with Gasteiger partial charge in [-0.2, -0.15) is 13.2 Å². The van der Waals surface area contributed by atoms with Gasteiger partial charge in [-0.3, -0.25) is 4.90 Å². The van der Waals surface area contributed by atoms with E-state index in [0.717, 1.165) is 5.56 Å². The van der Waals surface area contributed by atoms with Crippen LogP contribution in [0.15, 0.2) is 24.3 Å². The molecule has 0 spiro atoms. The SMILES string of the molecule is FC(F)(F)C1CNCCCN1Cc1cccc(Cl)c1. The molecule has 1 fully saturated rings. The first-order chi connectivity index (χ1) is 8.97. The Morgan fingerprint density at radius 2 is 2.16 bits per heavy atom. The molecule has 0 saturated carbocycles. The van der Waals surface area contributed by atoms with Crippen LogP contribution in [0.3, 0.4) is 0 Å². The van der Waals surface area contributed by atoms with E-state index in [1.807, 2.05) is 0 Å². The van der Waals surface area contributed by atoms with Crippen LogP contribution in [0.25, 0.3) is 0 Å². The summed E-state index contributed by atoms with van der Waals surface area (Å²) in [5.41, 5.74) is 0.809. The summed E-state index contributed by atoms with van der Waals surface area (Å²) in [6.45, 7) is 1.28. The molecule has 0 radical (unpaired) electrons. The van der Waals surface area contributed by atoms with E-state index in [1.54, 1.807) is 24.3 Å². The van der Waals surface area contributed by atoms with E-state index in [0.29, 0.717) is 24.5 Å². The molecule has 106 valence electrons. The van der Waals surface area contributed by atoms with Crippen LogP contribution < -0.4 is 5.32 Å². The van der Waals surface area contributed by atoms with Crippen LogP contribution in [-0.2, 0) is 6.54 Å². The summed E-state index contributed by atoms with van der Waals surface area (Å²) >= 11 is 5.87. The Bertz CT molecular complexity index is 423. The van der Waals surface area contributed by atoms with Gasteiger partial charge in [0.1, 0.15) is 6.04 Å². The second-order valence-electron chi connectivity index (χ2n) is 4.72. The van der Waals surface area contributed by atoms with Crippen LogP contribution >= 0.6 is 11.6 Å². The van der Waals surface area contributed by atoms with Crippen molar-refractivity contribution < 1.29 is 13.2 Å². The van der Waals surface area contributed by atoms with Gasteiger partial charge in [0.15, 0.2) is 0 Å². The van der Waals surface area contributed by atoms with E-state index in [1.165, 1.54) is 4.90 Å². The van der Waals surface area contributed by atoms with Gasteiger partial charge in [-0.05, 0) is 30.7 Å². The number of alkyl halides is 3. The van der Waals surface area contributed by atoms with E-state index in [4.69, 9.17) is 11.6 Å². The highest BCUT2D eigenvalue weighted by atomic mass is 35.5. The first kappa shape index (κ1) is 14.6. The highest BCUT2D eigenvalue weighted by Gasteiger charge is 2.43. The minimum atomic E-state index is -4.21. The molecule has 1 aromatic carbocycles. The number of nitrogens with zero attached hydrogens (tertiary/aromatic N) is 1. The molecule has 1 saturated heterocycles. The van der Waals surface area contributed by atoms with Crippen molar-refractivity contribution in [1.29, 1.82) is 0 Å². The molecular formula is C13H16ClF3N2. The van der Waals surface area contributed by atoms with Crippen LogP contribution in [-0.4, -0.2) is 36.8 Å². The fourth-order valence-electron chi connectivity index (χ4n) is 2.31. The molecule has 1 heterocycles. The highest BCUT2D eigenvalue weighted by molar-refractivity contribution is 6.30. The van der Waals surface area contributed by atoms with E-state index < -0.39 is 12.2 Å². The smallest absolute Gasteiger partial charge is 0.315 e. The van der Waals surface area contributed by atoms with E-state index in [2.05, 4.69) is 5.32 Å². The molecule has 1 aromatic rings. The summed E-state index contributed by atoms with van der Waals surface area (Å²) in [5, 5.41) is 3.39. The number of hydrogen-bond donors (Lipinski definition) is 1. The monoisotopic (exact) mass is 292 g/mol. The molecule has 2 rings (SSSR count). The molecule has 0 amide bonds. The number of benzene rings is 1. The Labute approximate surface area is 115 Å². The maximum absolute atomic E-state index is 13.0. The zero-order chi connectivity index (χ0) is 13.9. The highest BCUT2D eigenvalue weighted by Crippen LogP contribution is 2.27. The lowest BCUT2D eigenvalue weighted by Gasteiger charge is -2.31. The minimum Gasteiger partial charge on any atom is -0.315 e. The van der Waals surface area contributed by atoms with Crippen molar-refractivity contribution in [3.63, 3.8) is 0 Å². The van der Waals surface area contributed by atoms with Crippen molar-refractivity contribution in [2.24, 2.45) is 0 Å².